The van der Waals surface area contributed by atoms with Gasteiger partial charge in [0.05, 0.1) is 0 Å². The molecule has 1 aromatic rings. The Labute approximate surface area is 91.3 Å². The summed E-state index contributed by atoms with van der Waals surface area (Å²) < 4.78 is 0. The zero-order chi connectivity index (χ0) is 10.7. The summed E-state index contributed by atoms with van der Waals surface area (Å²) in [5.41, 5.74) is 0. The van der Waals surface area contributed by atoms with E-state index in [1.54, 1.807) is 6.20 Å². The lowest BCUT2D eigenvalue weighted by Crippen LogP contribution is -2.25. The van der Waals surface area contributed by atoms with E-state index in [0.29, 0.717) is 6.04 Å². The van der Waals surface area contributed by atoms with Crippen molar-refractivity contribution < 1.29 is 0 Å². The fourth-order valence-electron chi connectivity index (χ4n) is 2.60. The second-order valence-electron chi connectivity index (χ2n) is 4.46. The van der Waals surface area contributed by atoms with Crippen LogP contribution < -0.4 is 5.32 Å². The minimum absolute atomic E-state index is 0.576. The average molecular weight is 205 g/mol. The van der Waals surface area contributed by atoms with E-state index in [9.17, 15) is 0 Å². The number of hydrogen-bond donors (Lipinski definition) is 1. The highest BCUT2D eigenvalue weighted by Crippen LogP contribution is 2.35. The first-order valence-corrected chi connectivity index (χ1v) is 5.85. The molecule has 3 unspecified atom stereocenters. The normalized spacial score (nSPS) is 30.4. The summed E-state index contributed by atoms with van der Waals surface area (Å²) in [5.74, 6) is 2.53. The van der Waals surface area contributed by atoms with E-state index in [0.717, 1.165) is 17.7 Å². The molecular formula is C12H19N3. The fourth-order valence-corrected chi connectivity index (χ4v) is 2.60. The van der Waals surface area contributed by atoms with Crippen molar-refractivity contribution in [2.24, 2.45) is 11.8 Å². The van der Waals surface area contributed by atoms with Crippen LogP contribution in [0.4, 0.5) is 5.82 Å². The zero-order valence-corrected chi connectivity index (χ0v) is 9.48. The largest absolute Gasteiger partial charge is 0.366 e. The molecule has 1 N–H and O–H groups in total. The van der Waals surface area contributed by atoms with Crippen LogP contribution in [0.5, 0.6) is 0 Å². The number of aromatic nitrogens is 2. The third-order valence-electron chi connectivity index (χ3n) is 3.66. The third-order valence-corrected chi connectivity index (χ3v) is 3.66. The number of nitrogens with one attached hydrogen (secondary N) is 1. The molecule has 0 radical (unpaired) electrons. The zero-order valence-electron chi connectivity index (χ0n) is 9.48. The van der Waals surface area contributed by atoms with Crippen molar-refractivity contribution in [3.63, 3.8) is 0 Å². The molecule has 0 amide bonds. The number of nitrogens with zero attached hydrogens (tertiary/aromatic N) is 2. The van der Waals surface area contributed by atoms with Gasteiger partial charge in [0.25, 0.3) is 0 Å². The Morgan fingerprint density at radius 2 is 2.33 bits per heavy atom. The Bertz CT molecular complexity index is 299. The molecule has 1 aliphatic carbocycles. The van der Waals surface area contributed by atoms with Crippen molar-refractivity contribution in [3.05, 3.63) is 18.3 Å². The van der Waals surface area contributed by atoms with Gasteiger partial charge in [-0.25, -0.2) is 0 Å². The number of hydrogen-bond acceptors (Lipinski definition) is 3. The van der Waals surface area contributed by atoms with E-state index < -0.39 is 0 Å². The first-order chi connectivity index (χ1) is 7.31. The van der Waals surface area contributed by atoms with Gasteiger partial charge in [-0.3, -0.25) is 0 Å². The summed E-state index contributed by atoms with van der Waals surface area (Å²) in [6.45, 7) is 4.63. The minimum atomic E-state index is 0.576. The standard InChI is InChI=1S/C12H19N3/c1-3-10-6-7-11(9(10)2)14-12-5-4-8-13-15-12/h4-5,8-11H,3,6-7H2,1-2H3,(H,14,15). The lowest BCUT2D eigenvalue weighted by atomic mass is 9.93. The van der Waals surface area contributed by atoms with E-state index in [2.05, 4.69) is 29.4 Å². The van der Waals surface area contributed by atoms with Crippen molar-refractivity contribution in [2.75, 3.05) is 5.32 Å². The maximum absolute atomic E-state index is 4.07. The van der Waals surface area contributed by atoms with Crippen LogP contribution in [0.1, 0.15) is 33.1 Å². The SMILES string of the molecule is CCC1CCC(Nc2cccnn2)C1C. The van der Waals surface area contributed by atoms with Gasteiger partial charge in [-0.15, -0.1) is 5.10 Å². The van der Waals surface area contributed by atoms with E-state index >= 15 is 0 Å². The van der Waals surface area contributed by atoms with Gasteiger partial charge in [0.2, 0.25) is 0 Å². The van der Waals surface area contributed by atoms with Crippen molar-refractivity contribution in [2.45, 2.75) is 39.2 Å². The van der Waals surface area contributed by atoms with Crippen molar-refractivity contribution in [3.8, 4) is 0 Å². The van der Waals surface area contributed by atoms with Crippen LogP contribution in [0.2, 0.25) is 0 Å². The van der Waals surface area contributed by atoms with Crippen molar-refractivity contribution >= 4 is 5.82 Å². The van der Waals surface area contributed by atoms with Crippen LogP contribution in [-0.2, 0) is 0 Å². The van der Waals surface area contributed by atoms with Crippen LogP contribution in [0, 0.1) is 11.8 Å². The van der Waals surface area contributed by atoms with Gasteiger partial charge >= 0.3 is 0 Å². The summed E-state index contributed by atoms with van der Waals surface area (Å²) >= 11 is 0. The van der Waals surface area contributed by atoms with E-state index in [1.165, 1.54) is 19.3 Å². The molecule has 82 valence electrons. The van der Waals surface area contributed by atoms with Gasteiger partial charge < -0.3 is 5.32 Å². The maximum Gasteiger partial charge on any atom is 0.148 e. The topological polar surface area (TPSA) is 37.8 Å². The predicted octanol–water partition coefficient (Wildman–Crippen LogP) is 2.71. The second kappa shape index (κ2) is 4.60. The molecule has 0 bridgehead atoms. The van der Waals surface area contributed by atoms with Crippen LogP contribution in [0.15, 0.2) is 18.3 Å². The van der Waals surface area contributed by atoms with Gasteiger partial charge in [0.15, 0.2) is 0 Å². The summed E-state index contributed by atoms with van der Waals surface area (Å²) in [7, 11) is 0. The smallest absolute Gasteiger partial charge is 0.148 e. The Hall–Kier alpha value is -1.12. The second-order valence-corrected chi connectivity index (χ2v) is 4.46. The average Bonchev–Trinajstić information content (AvgIpc) is 2.62. The van der Waals surface area contributed by atoms with Gasteiger partial charge in [-0.1, -0.05) is 20.3 Å². The summed E-state index contributed by atoms with van der Waals surface area (Å²) in [5, 5.41) is 11.4. The highest BCUT2D eigenvalue weighted by molar-refractivity contribution is 5.33. The minimum Gasteiger partial charge on any atom is -0.366 e. The molecule has 0 aliphatic heterocycles. The molecule has 1 aliphatic rings. The third kappa shape index (κ3) is 2.28. The van der Waals surface area contributed by atoms with Gasteiger partial charge in [0, 0.05) is 12.2 Å². The van der Waals surface area contributed by atoms with E-state index in [1.807, 2.05) is 12.1 Å². The monoisotopic (exact) mass is 205 g/mol. The predicted molar refractivity (Wildman–Crippen MR) is 61.6 cm³/mol. The molecule has 0 spiro atoms. The van der Waals surface area contributed by atoms with Crippen molar-refractivity contribution in [1.29, 1.82) is 0 Å². The summed E-state index contributed by atoms with van der Waals surface area (Å²) in [6.07, 6.45) is 5.60. The highest BCUT2D eigenvalue weighted by atomic mass is 15.2. The Balaban J connectivity index is 1.96. The molecule has 2 rings (SSSR count). The van der Waals surface area contributed by atoms with Crippen LogP contribution in [0.3, 0.4) is 0 Å². The first-order valence-electron chi connectivity index (χ1n) is 5.85. The highest BCUT2D eigenvalue weighted by Gasteiger charge is 2.31. The summed E-state index contributed by atoms with van der Waals surface area (Å²) in [4.78, 5) is 0. The molecule has 1 heterocycles. The maximum atomic E-state index is 4.07. The molecule has 0 saturated heterocycles. The molecule has 3 heteroatoms. The lowest BCUT2D eigenvalue weighted by Gasteiger charge is -2.21. The summed E-state index contributed by atoms with van der Waals surface area (Å²) in [6, 6.07) is 4.48. The molecular weight excluding hydrogens is 186 g/mol. The molecule has 15 heavy (non-hydrogen) atoms. The molecule has 0 aromatic carbocycles. The van der Waals surface area contributed by atoms with Gasteiger partial charge in [-0.2, -0.15) is 5.10 Å². The first kappa shape index (κ1) is 10.4. The van der Waals surface area contributed by atoms with Crippen molar-refractivity contribution in [1.82, 2.24) is 10.2 Å². The Kier molecular flexibility index (Phi) is 3.19. The van der Waals surface area contributed by atoms with Crippen LogP contribution in [-0.4, -0.2) is 16.2 Å². The lowest BCUT2D eigenvalue weighted by molar-refractivity contribution is 0.391. The van der Waals surface area contributed by atoms with Crippen LogP contribution in [0.25, 0.3) is 0 Å². The Morgan fingerprint density at radius 1 is 1.47 bits per heavy atom. The molecule has 3 nitrogen and oxygen atoms in total. The molecule has 1 fully saturated rings. The molecule has 1 saturated carbocycles. The van der Waals surface area contributed by atoms with Crippen LogP contribution >= 0.6 is 0 Å². The van der Waals surface area contributed by atoms with E-state index in [4.69, 9.17) is 0 Å². The molecule has 3 atom stereocenters. The number of anilines is 1. The van der Waals surface area contributed by atoms with Gasteiger partial charge in [-0.05, 0) is 36.8 Å². The molecule has 1 aromatic heterocycles. The van der Waals surface area contributed by atoms with E-state index in [-0.39, 0.29) is 0 Å². The van der Waals surface area contributed by atoms with Gasteiger partial charge in [0.1, 0.15) is 5.82 Å². The quantitative estimate of drug-likeness (QED) is 0.824. The fraction of sp³-hybridized carbons (Fsp3) is 0.667. The number of rotatable bonds is 3. The Morgan fingerprint density at radius 3 is 2.93 bits per heavy atom.